The van der Waals surface area contributed by atoms with Crippen molar-refractivity contribution >= 4 is 17.6 Å². The third-order valence-corrected chi connectivity index (χ3v) is 3.56. The van der Waals surface area contributed by atoms with Gasteiger partial charge in [-0.05, 0) is 29.7 Å². The van der Waals surface area contributed by atoms with Gasteiger partial charge in [0, 0.05) is 19.3 Å². The number of carbonyl (C=O) groups is 1. The molecule has 0 saturated carbocycles. The maximum atomic E-state index is 12.1. The zero-order valence-corrected chi connectivity index (χ0v) is 14.2. The Hall–Kier alpha value is -2.82. The SMILES string of the molecule is CCc1cccc(NC(=O)CNC(=NC)NCc2ccccc2)c1. The van der Waals surface area contributed by atoms with Crippen molar-refractivity contribution in [2.45, 2.75) is 19.9 Å². The maximum absolute atomic E-state index is 12.1. The van der Waals surface area contributed by atoms with Crippen molar-refractivity contribution in [2.75, 3.05) is 18.9 Å². The number of guanidine groups is 1. The van der Waals surface area contributed by atoms with E-state index in [0.29, 0.717) is 12.5 Å². The van der Waals surface area contributed by atoms with Gasteiger partial charge in [0.05, 0.1) is 6.54 Å². The second-order valence-corrected chi connectivity index (χ2v) is 5.37. The summed E-state index contributed by atoms with van der Waals surface area (Å²) >= 11 is 0. The van der Waals surface area contributed by atoms with Crippen LogP contribution in [0.2, 0.25) is 0 Å². The van der Waals surface area contributed by atoms with Crippen molar-refractivity contribution < 1.29 is 4.79 Å². The molecule has 0 aliphatic heterocycles. The van der Waals surface area contributed by atoms with Gasteiger partial charge in [0.15, 0.2) is 5.96 Å². The molecule has 1 amide bonds. The first kappa shape index (κ1) is 17.5. The minimum Gasteiger partial charge on any atom is -0.352 e. The fourth-order valence-corrected chi connectivity index (χ4v) is 2.24. The molecule has 0 aromatic heterocycles. The molecule has 126 valence electrons. The van der Waals surface area contributed by atoms with Crippen molar-refractivity contribution in [3.63, 3.8) is 0 Å². The van der Waals surface area contributed by atoms with E-state index >= 15 is 0 Å². The predicted molar refractivity (Wildman–Crippen MR) is 99.1 cm³/mol. The fraction of sp³-hybridized carbons (Fsp3) is 0.263. The van der Waals surface area contributed by atoms with E-state index in [1.165, 1.54) is 5.56 Å². The molecule has 5 nitrogen and oxygen atoms in total. The second kappa shape index (κ2) is 9.35. The Morgan fingerprint density at radius 1 is 1.00 bits per heavy atom. The summed E-state index contributed by atoms with van der Waals surface area (Å²) in [6.45, 7) is 2.90. The summed E-state index contributed by atoms with van der Waals surface area (Å²) in [5.41, 5.74) is 3.16. The molecular weight excluding hydrogens is 300 g/mol. The highest BCUT2D eigenvalue weighted by Gasteiger charge is 2.05. The first-order chi connectivity index (χ1) is 11.7. The van der Waals surface area contributed by atoms with Crippen LogP contribution in [0, 0.1) is 0 Å². The second-order valence-electron chi connectivity index (χ2n) is 5.37. The van der Waals surface area contributed by atoms with Crippen molar-refractivity contribution in [3.05, 3.63) is 65.7 Å². The molecule has 0 bridgehead atoms. The van der Waals surface area contributed by atoms with Gasteiger partial charge < -0.3 is 16.0 Å². The summed E-state index contributed by atoms with van der Waals surface area (Å²) in [7, 11) is 1.68. The lowest BCUT2D eigenvalue weighted by molar-refractivity contribution is -0.115. The molecule has 0 spiro atoms. The number of rotatable bonds is 6. The lowest BCUT2D eigenvalue weighted by atomic mass is 10.1. The van der Waals surface area contributed by atoms with Gasteiger partial charge in [-0.3, -0.25) is 9.79 Å². The summed E-state index contributed by atoms with van der Waals surface area (Å²) in [5.74, 6) is 0.488. The van der Waals surface area contributed by atoms with Gasteiger partial charge in [-0.25, -0.2) is 0 Å². The van der Waals surface area contributed by atoms with Crippen LogP contribution in [0.3, 0.4) is 0 Å². The summed E-state index contributed by atoms with van der Waals surface area (Å²) < 4.78 is 0. The van der Waals surface area contributed by atoms with Crippen LogP contribution >= 0.6 is 0 Å². The van der Waals surface area contributed by atoms with Crippen LogP contribution in [0.1, 0.15) is 18.1 Å². The molecule has 0 aliphatic rings. The molecule has 0 saturated heterocycles. The lowest BCUT2D eigenvalue weighted by Crippen LogP contribution is -2.41. The largest absolute Gasteiger partial charge is 0.352 e. The number of aliphatic imine (C=N–C) groups is 1. The van der Waals surface area contributed by atoms with Crippen LogP contribution in [0.4, 0.5) is 5.69 Å². The lowest BCUT2D eigenvalue weighted by Gasteiger charge is -2.12. The molecule has 5 heteroatoms. The molecule has 0 aliphatic carbocycles. The minimum absolute atomic E-state index is 0.106. The zero-order chi connectivity index (χ0) is 17.2. The molecule has 2 rings (SSSR count). The molecule has 2 aromatic carbocycles. The van der Waals surface area contributed by atoms with E-state index in [1.807, 2.05) is 54.6 Å². The van der Waals surface area contributed by atoms with Crippen molar-refractivity contribution in [2.24, 2.45) is 4.99 Å². The Morgan fingerprint density at radius 3 is 2.46 bits per heavy atom. The van der Waals surface area contributed by atoms with Gasteiger partial charge in [-0.1, -0.05) is 49.4 Å². The van der Waals surface area contributed by atoms with Crippen molar-refractivity contribution in [3.8, 4) is 0 Å². The smallest absolute Gasteiger partial charge is 0.243 e. The van der Waals surface area contributed by atoms with Crippen LogP contribution in [0.5, 0.6) is 0 Å². The summed E-state index contributed by atoms with van der Waals surface area (Å²) in [6.07, 6.45) is 0.942. The summed E-state index contributed by atoms with van der Waals surface area (Å²) in [6, 6.07) is 17.9. The maximum Gasteiger partial charge on any atom is 0.243 e. The van der Waals surface area contributed by atoms with Crippen LogP contribution in [0.15, 0.2) is 59.6 Å². The molecule has 0 atom stereocenters. The number of hydrogen-bond donors (Lipinski definition) is 3. The molecule has 0 fully saturated rings. The highest BCUT2D eigenvalue weighted by molar-refractivity contribution is 5.95. The van der Waals surface area contributed by atoms with Crippen LogP contribution < -0.4 is 16.0 Å². The third-order valence-electron chi connectivity index (χ3n) is 3.56. The monoisotopic (exact) mass is 324 g/mol. The molecule has 0 radical (unpaired) electrons. The van der Waals surface area contributed by atoms with E-state index < -0.39 is 0 Å². The number of hydrogen-bond acceptors (Lipinski definition) is 2. The number of benzene rings is 2. The van der Waals surface area contributed by atoms with Crippen LogP contribution in [-0.2, 0) is 17.8 Å². The number of anilines is 1. The number of aryl methyl sites for hydroxylation is 1. The van der Waals surface area contributed by atoms with Crippen LogP contribution in [-0.4, -0.2) is 25.5 Å². The van der Waals surface area contributed by atoms with Gasteiger partial charge in [0.25, 0.3) is 0 Å². The summed E-state index contributed by atoms with van der Waals surface area (Å²) in [4.78, 5) is 16.2. The highest BCUT2D eigenvalue weighted by Crippen LogP contribution is 2.10. The van der Waals surface area contributed by atoms with Gasteiger partial charge in [-0.2, -0.15) is 0 Å². The standard InChI is InChI=1S/C19H24N4O/c1-3-15-10-7-11-17(12-15)23-18(24)14-22-19(20-2)21-13-16-8-5-4-6-9-16/h4-12H,3,13-14H2,1-2H3,(H,23,24)(H2,20,21,22). The quantitative estimate of drug-likeness (QED) is 0.565. The molecule has 3 N–H and O–H groups in total. The van der Waals surface area contributed by atoms with Gasteiger partial charge in [0.2, 0.25) is 5.91 Å². The van der Waals surface area contributed by atoms with E-state index in [4.69, 9.17) is 0 Å². The zero-order valence-electron chi connectivity index (χ0n) is 14.2. The minimum atomic E-state index is -0.106. The Labute approximate surface area is 143 Å². The van der Waals surface area contributed by atoms with E-state index in [0.717, 1.165) is 17.7 Å². The molecule has 0 unspecified atom stereocenters. The number of nitrogens with one attached hydrogen (secondary N) is 3. The number of carbonyl (C=O) groups excluding carboxylic acids is 1. The Morgan fingerprint density at radius 2 is 1.75 bits per heavy atom. The van der Waals surface area contributed by atoms with E-state index in [9.17, 15) is 4.79 Å². The van der Waals surface area contributed by atoms with Crippen LogP contribution in [0.25, 0.3) is 0 Å². The van der Waals surface area contributed by atoms with Crippen molar-refractivity contribution in [1.82, 2.24) is 10.6 Å². The fourth-order valence-electron chi connectivity index (χ4n) is 2.24. The number of nitrogens with zero attached hydrogens (tertiary/aromatic N) is 1. The Kier molecular flexibility index (Phi) is 6.83. The topological polar surface area (TPSA) is 65.5 Å². The average molecular weight is 324 g/mol. The first-order valence-corrected chi connectivity index (χ1v) is 8.08. The van der Waals surface area contributed by atoms with Crippen molar-refractivity contribution in [1.29, 1.82) is 0 Å². The highest BCUT2D eigenvalue weighted by atomic mass is 16.1. The molecular formula is C19H24N4O. The normalized spacial score (nSPS) is 11.0. The number of amides is 1. The van der Waals surface area contributed by atoms with Gasteiger partial charge in [-0.15, -0.1) is 0 Å². The molecule has 0 heterocycles. The predicted octanol–water partition coefficient (Wildman–Crippen LogP) is 2.55. The van der Waals surface area contributed by atoms with Gasteiger partial charge in [0.1, 0.15) is 0 Å². The van der Waals surface area contributed by atoms with Gasteiger partial charge >= 0.3 is 0 Å². The third kappa shape index (κ3) is 5.76. The molecule has 2 aromatic rings. The Balaban J connectivity index is 1.78. The average Bonchev–Trinajstić information content (AvgIpc) is 2.63. The Bertz CT molecular complexity index is 683. The first-order valence-electron chi connectivity index (χ1n) is 8.08. The summed E-state index contributed by atoms with van der Waals surface area (Å²) in [5, 5.41) is 9.08. The van der Waals surface area contributed by atoms with E-state index in [1.54, 1.807) is 7.05 Å². The van der Waals surface area contributed by atoms with E-state index in [-0.39, 0.29) is 12.5 Å². The molecule has 24 heavy (non-hydrogen) atoms. The van der Waals surface area contributed by atoms with E-state index in [2.05, 4.69) is 27.9 Å².